The monoisotopic (exact) mass is 840 g/mol. The van der Waals surface area contributed by atoms with Gasteiger partial charge in [0.1, 0.15) is 24.0 Å². The van der Waals surface area contributed by atoms with Gasteiger partial charge in [-0.2, -0.15) is 9.97 Å². The lowest BCUT2D eigenvalue weighted by atomic mass is 10.1. The van der Waals surface area contributed by atoms with Crippen LogP contribution in [0.25, 0.3) is 0 Å². The van der Waals surface area contributed by atoms with Crippen LogP contribution in [0.4, 0.5) is 46.3 Å². The highest BCUT2D eigenvalue weighted by Crippen LogP contribution is 2.44. The predicted octanol–water partition coefficient (Wildman–Crippen LogP) is 7.06. The second-order valence-electron chi connectivity index (χ2n) is 16.6. The van der Waals surface area contributed by atoms with Gasteiger partial charge in [-0.1, -0.05) is 30.3 Å². The standard InChI is InChI=1S/C47H60N12O3/c1-33-25-42(48-2)54-46(50-33)51-36-26-35-13-23-61-44(35)39(27-36)58-18-9-16-57(19-20-58)32-38-30-43(49-3)55-47(53-38)52-37-28-40-45(41(29-37)60-22-10-17-56-14-7-8-15-56)62-24-21-59(40)31-34-11-5-4-6-12-34/h4-6,11-12,25-30H,7-10,13-24,31-32H2,1-3H3,(H2,48,50,51,54)(H2,49,52,53,55). The van der Waals surface area contributed by atoms with Crippen LogP contribution in [0, 0.1) is 6.92 Å². The number of benzene rings is 3. The quantitative estimate of drug-likeness (QED) is 0.0754. The first-order valence-electron chi connectivity index (χ1n) is 22.3. The summed E-state index contributed by atoms with van der Waals surface area (Å²) in [6.07, 6.45) is 5.43. The van der Waals surface area contributed by atoms with Crippen LogP contribution in [-0.2, 0) is 19.5 Å². The van der Waals surface area contributed by atoms with Gasteiger partial charge in [0.15, 0.2) is 11.5 Å². The molecule has 0 radical (unpaired) electrons. The number of aromatic nitrogens is 4. The smallest absolute Gasteiger partial charge is 0.229 e. The third-order valence-electron chi connectivity index (χ3n) is 12.0. The van der Waals surface area contributed by atoms with Crippen LogP contribution >= 0.6 is 0 Å². The molecule has 5 aromatic rings. The summed E-state index contributed by atoms with van der Waals surface area (Å²) in [6, 6.07) is 23.1. The van der Waals surface area contributed by atoms with Crippen molar-refractivity contribution in [3.63, 3.8) is 0 Å². The van der Waals surface area contributed by atoms with E-state index in [1.165, 1.54) is 37.1 Å². The number of rotatable bonds is 16. The molecule has 326 valence electrons. The van der Waals surface area contributed by atoms with Gasteiger partial charge in [0.05, 0.1) is 36.8 Å². The Bertz CT molecular complexity index is 2310. The van der Waals surface area contributed by atoms with Crippen molar-refractivity contribution in [3.05, 3.63) is 89.2 Å². The van der Waals surface area contributed by atoms with Crippen molar-refractivity contribution in [1.82, 2.24) is 29.7 Å². The summed E-state index contributed by atoms with van der Waals surface area (Å²) in [7, 11) is 3.77. The van der Waals surface area contributed by atoms with E-state index in [0.717, 1.165) is 128 Å². The van der Waals surface area contributed by atoms with E-state index >= 15 is 0 Å². The number of likely N-dealkylation sites (tertiary alicyclic amines) is 1. The van der Waals surface area contributed by atoms with Crippen molar-refractivity contribution >= 4 is 46.3 Å². The molecule has 4 N–H and O–H groups in total. The van der Waals surface area contributed by atoms with E-state index in [9.17, 15) is 0 Å². The number of hydrogen-bond acceptors (Lipinski definition) is 15. The average molecular weight is 841 g/mol. The van der Waals surface area contributed by atoms with E-state index in [2.05, 4.69) is 99.4 Å². The van der Waals surface area contributed by atoms with E-state index in [4.69, 9.17) is 24.2 Å². The third kappa shape index (κ3) is 10.0. The molecular formula is C47H60N12O3. The van der Waals surface area contributed by atoms with Crippen LogP contribution in [0.2, 0.25) is 0 Å². The van der Waals surface area contributed by atoms with Crippen LogP contribution in [0.5, 0.6) is 17.2 Å². The van der Waals surface area contributed by atoms with Gasteiger partial charge in [-0.3, -0.25) is 4.90 Å². The number of ether oxygens (including phenoxy) is 3. The molecule has 2 aromatic heterocycles. The van der Waals surface area contributed by atoms with E-state index in [1.54, 1.807) is 0 Å². The zero-order valence-corrected chi connectivity index (χ0v) is 36.4. The normalized spacial score (nSPS) is 16.5. The fraction of sp³-hybridized carbons (Fsp3) is 0.447. The Kier molecular flexibility index (Phi) is 12.9. The largest absolute Gasteiger partial charge is 0.491 e. The number of fused-ring (bicyclic) bond motifs is 2. The van der Waals surface area contributed by atoms with E-state index in [1.807, 2.05) is 39.2 Å². The van der Waals surface area contributed by atoms with Gasteiger partial charge in [0.2, 0.25) is 11.9 Å². The Labute approximate surface area is 365 Å². The molecule has 4 aliphatic rings. The van der Waals surface area contributed by atoms with Crippen LogP contribution < -0.4 is 45.3 Å². The minimum atomic E-state index is 0.533. The minimum Gasteiger partial charge on any atom is -0.491 e. The first-order chi connectivity index (χ1) is 30.5. The summed E-state index contributed by atoms with van der Waals surface area (Å²) >= 11 is 0. The van der Waals surface area contributed by atoms with Crippen molar-refractivity contribution < 1.29 is 14.2 Å². The average Bonchev–Trinajstić information content (AvgIpc) is 3.94. The molecule has 0 saturated carbocycles. The first-order valence-corrected chi connectivity index (χ1v) is 22.3. The maximum absolute atomic E-state index is 6.53. The number of aryl methyl sites for hydroxylation is 1. The molecule has 9 rings (SSSR count). The molecule has 0 spiro atoms. The van der Waals surface area contributed by atoms with E-state index in [0.29, 0.717) is 38.3 Å². The van der Waals surface area contributed by atoms with Crippen LogP contribution in [0.3, 0.4) is 0 Å². The van der Waals surface area contributed by atoms with Crippen molar-refractivity contribution in [2.24, 2.45) is 0 Å². The highest BCUT2D eigenvalue weighted by atomic mass is 16.5. The molecule has 15 nitrogen and oxygen atoms in total. The molecule has 0 unspecified atom stereocenters. The fourth-order valence-electron chi connectivity index (χ4n) is 8.94. The predicted molar refractivity (Wildman–Crippen MR) is 247 cm³/mol. The van der Waals surface area contributed by atoms with E-state index in [-0.39, 0.29) is 0 Å². The van der Waals surface area contributed by atoms with Crippen molar-refractivity contribution in [1.29, 1.82) is 0 Å². The highest BCUT2D eigenvalue weighted by Gasteiger charge is 2.27. The summed E-state index contributed by atoms with van der Waals surface area (Å²) in [6.45, 7) is 13.2. The Morgan fingerprint density at radius 3 is 2.23 bits per heavy atom. The molecule has 4 aliphatic heterocycles. The van der Waals surface area contributed by atoms with Crippen LogP contribution in [0.1, 0.15) is 48.2 Å². The van der Waals surface area contributed by atoms with Gasteiger partial charge in [-0.05, 0) is 69.5 Å². The lowest BCUT2D eigenvalue weighted by Gasteiger charge is -2.33. The van der Waals surface area contributed by atoms with Gasteiger partial charge >= 0.3 is 0 Å². The molecule has 0 bridgehead atoms. The van der Waals surface area contributed by atoms with Crippen molar-refractivity contribution in [3.8, 4) is 17.2 Å². The summed E-state index contributed by atoms with van der Waals surface area (Å²) < 4.78 is 19.1. The Morgan fingerprint density at radius 1 is 0.661 bits per heavy atom. The second-order valence-corrected chi connectivity index (χ2v) is 16.6. The fourth-order valence-corrected chi connectivity index (χ4v) is 8.94. The second kappa shape index (κ2) is 19.3. The summed E-state index contributed by atoms with van der Waals surface area (Å²) in [5.41, 5.74) is 8.24. The molecule has 0 aliphatic carbocycles. The molecule has 15 heteroatoms. The number of hydrogen-bond donors (Lipinski definition) is 4. The van der Waals surface area contributed by atoms with Gasteiger partial charge in [-0.15, -0.1) is 0 Å². The molecule has 6 heterocycles. The molecule has 2 saturated heterocycles. The molecule has 3 aromatic carbocycles. The topological polar surface area (TPSA) is 140 Å². The zero-order chi connectivity index (χ0) is 42.3. The van der Waals surface area contributed by atoms with E-state index < -0.39 is 0 Å². The Morgan fingerprint density at radius 2 is 1.40 bits per heavy atom. The molecule has 0 amide bonds. The number of anilines is 8. The Balaban J connectivity index is 0.909. The molecule has 62 heavy (non-hydrogen) atoms. The summed E-state index contributed by atoms with van der Waals surface area (Å²) in [4.78, 5) is 29.1. The van der Waals surface area contributed by atoms with Crippen molar-refractivity contribution in [2.75, 3.05) is 117 Å². The molecule has 0 atom stereocenters. The SMILES string of the molecule is CNc1cc(C)nc(Nc2cc3c(c(N4CCCN(Cc5cc(NC)nc(Nc6cc(OCCCN7CCCC7)c7c(c6)N(Cc6ccccc6)CCO7)n5)CC4)c2)OCC3)n1. The lowest BCUT2D eigenvalue weighted by Crippen LogP contribution is -2.32. The summed E-state index contributed by atoms with van der Waals surface area (Å²) in [5, 5.41) is 13.4. The van der Waals surface area contributed by atoms with Crippen LogP contribution in [0.15, 0.2) is 66.7 Å². The lowest BCUT2D eigenvalue weighted by molar-refractivity contribution is 0.241. The van der Waals surface area contributed by atoms with Gasteiger partial charge in [0, 0.05) is 107 Å². The van der Waals surface area contributed by atoms with Crippen LogP contribution in [-0.4, -0.2) is 116 Å². The first kappa shape index (κ1) is 41.3. The molecular weight excluding hydrogens is 781 g/mol. The maximum Gasteiger partial charge on any atom is 0.229 e. The summed E-state index contributed by atoms with van der Waals surface area (Å²) in [5.74, 6) is 5.17. The Hall–Kier alpha value is -6.06. The third-order valence-corrected chi connectivity index (χ3v) is 12.0. The van der Waals surface area contributed by atoms with Gasteiger partial charge in [-0.25, -0.2) is 9.97 Å². The maximum atomic E-state index is 6.53. The number of nitrogens with one attached hydrogen (secondary N) is 4. The zero-order valence-electron chi connectivity index (χ0n) is 36.4. The van der Waals surface area contributed by atoms with Gasteiger partial charge < -0.3 is 50.2 Å². The van der Waals surface area contributed by atoms with Crippen molar-refractivity contribution in [2.45, 2.75) is 52.1 Å². The minimum absolute atomic E-state index is 0.533. The van der Waals surface area contributed by atoms with Gasteiger partial charge in [0.25, 0.3) is 0 Å². The highest BCUT2D eigenvalue weighted by molar-refractivity contribution is 5.75. The molecule has 2 fully saturated rings. The number of nitrogens with zero attached hydrogens (tertiary/aromatic N) is 8.